The van der Waals surface area contributed by atoms with Crippen molar-refractivity contribution in [1.29, 1.82) is 0 Å². The summed E-state index contributed by atoms with van der Waals surface area (Å²) in [5.74, 6) is 0.00319. The van der Waals surface area contributed by atoms with Crippen molar-refractivity contribution < 1.29 is 18.7 Å². The first-order valence-corrected chi connectivity index (χ1v) is 9.22. The first kappa shape index (κ1) is 19.2. The quantitative estimate of drug-likeness (QED) is 0.830. The summed E-state index contributed by atoms with van der Waals surface area (Å²) in [6.45, 7) is 3.64. The Morgan fingerprint density at radius 2 is 1.89 bits per heavy atom. The van der Waals surface area contributed by atoms with Gasteiger partial charge in [-0.25, -0.2) is 4.39 Å². The normalized spacial score (nSPS) is 15.6. The van der Waals surface area contributed by atoms with Crippen LogP contribution in [0.25, 0.3) is 0 Å². The number of hydrogen-bond acceptors (Lipinski definition) is 4. The van der Waals surface area contributed by atoms with Crippen LogP contribution in [0.4, 0.5) is 4.39 Å². The van der Waals surface area contributed by atoms with Crippen LogP contribution in [-0.2, 0) is 0 Å². The topological polar surface area (TPSA) is 65.4 Å². The molecule has 1 aromatic carbocycles. The van der Waals surface area contributed by atoms with Gasteiger partial charge in [0, 0.05) is 17.3 Å². The van der Waals surface area contributed by atoms with Gasteiger partial charge in [0.15, 0.2) is 11.5 Å². The summed E-state index contributed by atoms with van der Waals surface area (Å²) < 4.78 is 26.7. The molecule has 1 atom stereocenters. The summed E-state index contributed by atoms with van der Waals surface area (Å²) >= 11 is 0. The highest BCUT2D eigenvalue weighted by Crippen LogP contribution is 2.33. The zero-order valence-electron chi connectivity index (χ0n) is 16.2. The minimum absolute atomic E-state index is 0.265. The number of hydrogen-bond donors (Lipinski definition) is 1. The fourth-order valence-electron chi connectivity index (χ4n) is 3.72. The van der Waals surface area contributed by atoms with Crippen LogP contribution in [-0.4, -0.2) is 29.9 Å². The third-order valence-corrected chi connectivity index (χ3v) is 5.28. The molecule has 0 bridgehead atoms. The van der Waals surface area contributed by atoms with E-state index in [1.54, 1.807) is 19.2 Å². The number of amides is 1. The van der Waals surface area contributed by atoms with Gasteiger partial charge in [0.2, 0.25) is 0 Å². The summed E-state index contributed by atoms with van der Waals surface area (Å²) in [4.78, 5) is 12.7. The average Bonchev–Trinajstić information content (AvgIpc) is 3.30. The van der Waals surface area contributed by atoms with Gasteiger partial charge in [-0.1, -0.05) is 12.8 Å². The van der Waals surface area contributed by atoms with E-state index in [0.29, 0.717) is 28.7 Å². The molecule has 1 fully saturated rings. The number of aromatic nitrogens is 2. The maximum Gasteiger partial charge on any atom is 0.255 e. The second-order valence-electron chi connectivity index (χ2n) is 6.95. The number of methoxy groups -OCH3 is 2. The molecule has 1 saturated carbocycles. The second-order valence-corrected chi connectivity index (χ2v) is 6.95. The molecule has 6 nitrogen and oxygen atoms in total. The highest BCUT2D eigenvalue weighted by atomic mass is 19.1. The summed E-state index contributed by atoms with van der Waals surface area (Å²) in [6, 6.07) is 2.65. The van der Waals surface area contributed by atoms with Gasteiger partial charge >= 0.3 is 0 Å². The maximum atomic E-state index is 14.4. The van der Waals surface area contributed by atoms with Gasteiger partial charge in [0.25, 0.3) is 5.91 Å². The minimum Gasteiger partial charge on any atom is -0.493 e. The van der Waals surface area contributed by atoms with Crippen molar-refractivity contribution in [3.63, 3.8) is 0 Å². The van der Waals surface area contributed by atoms with E-state index in [-0.39, 0.29) is 5.91 Å². The molecule has 1 N–H and O–H groups in total. The predicted octanol–water partition coefficient (Wildman–Crippen LogP) is 3.95. The van der Waals surface area contributed by atoms with Crippen molar-refractivity contribution in [3.05, 3.63) is 41.0 Å². The molecule has 1 unspecified atom stereocenters. The third kappa shape index (κ3) is 3.77. The monoisotopic (exact) mass is 375 g/mol. The number of ether oxygens (including phenoxy) is 2. The van der Waals surface area contributed by atoms with Gasteiger partial charge < -0.3 is 14.8 Å². The minimum atomic E-state index is -0.536. The molecule has 0 spiro atoms. The lowest BCUT2D eigenvalue weighted by atomic mass is 10.1. The zero-order valence-corrected chi connectivity index (χ0v) is 16.2. The molecule has 1 amide bonds. The van der Waals surface area contributed by atoms with Crippen LogP contribution in [0.5, 0.6) is 11.5 Å². The second kappa shape index (κ2) is 7.98. The van der Waals surface area contributed by atoms with Crippen LogP contribution < -0.4 is 14.8 Å². The van der Waals surface area contributed by atoms with E-state index in [1.165, 1.54) is 33.1 Å². The molecular weight excluding hydrogens is 349 g/mol. The molecular formula is C20H26FN3O3. The van der Waals surface area contributed by atoms with Crippen molar-refractivity contribution in [3.8, 4) is 11.5 Å². The van der Waals surface area contributed by atoms with Crippen molar-refractivity contribution in [2.75, 3.05) is 14.2 Å². The zero-order chi connectivity index (χ0) is 19.6. The van der Waals surface area contributed by atoms with Gasteiger partial charge in [0.05, 0.1) is 38.1 Å². The van der Waals surface area contributed by atoms with E-state index < -0.39 is 11.9 Å². The number of nitrogens with one attached hydrogen (secondary N) is 1. The van der Waals surface area contributed by atoms with E-state index in [2.05, 4.69) is 10.4 Å². The first-order chi connectivity index (χ1) is 13.0. The fourth-order valence-corrected chi connectivity index (χ4v) is 3.72. The van der Waals surface area contributed by atoms with Crippen molar-refractivity contribution in [1.82, 2.24) is 15.1 Å². The van der Waals surface area contributed by atoms with Crippen LogP contribution in [0.2, 0.25) is 0 Å². The Morgan fingerprint density at radius 3 is 2.52 bits per heavy atom. The lowest BCUT2D eigenvalue weighted by Gasteiger charge is -2.18. The Balaban J connectivity index is 1.78. The van der Waals surface area contributed by atoms with Crippen LogP contribution in [0, 0.1) is 12.7 Å². The SMILES string of the molecule is COc1cc(F)c(C(C)NC(=O)c2cnn(C3CCCC3)c2C)cc1OC. The summed E-state index contributed by atoms with van der Waals surface area (Å²) in [6.07, 6.45) is 6.18. The van der Waals surface area contributed by atoms with Crippen LogP contribution in [0.15, 0.2) is 18.3 Å². The molecule has 1 heterocycles. The molecule has 146 valence electrons. The number of nitrogens with zero attached hydrogens (tertiary/aromatic N) is 2. The van der Waals surface area contributed by atoms with E-state index in [0.717, 1.165) is 18.5 Å². The largest absolute Gasteiger partial charge is 0.493 e. The molecule has 3 rings (SSSR count). The van der Waals surface area contributed by atoms with Gasteiger partial charge in [-0.3, -0.25) is 9.48 Å². The van der Waals surface area contributed by atoms with E-state index in [1.807, 2.05) is 11.6 Å². The molecule has 0 radical (unpaired) electrons. The van der Waals surface area contributed by atoms with Crippen molar-refractivity contribution >= 4 is 5.91 Å². The highest BCUT2D eigenvalue weighted by molar-refractivity contribution is 5.95. The fraction of sp³-hybridized carbons (Fsp3) is 0.500. The van der Waals surface area contributed by atoms with Gasteiger partial charge in [-0.05, 0) is 32.8 Å². The Morgan fingerprint density at radius 1 is 1.26 bits per heavy atom. The predicted molar refractivity (Wildman–Crippen MR) is 99.9 cm³/mol. The smallest absolute Gasteiger partial charge is 0.255 e. The van der Waals surface area contributed by atoms with Crippen LogP contribution >= 0.6 is 0 Å². The number of carbonyl (C=O) groups is 1. The Hall–Kier alpha value is -2.57. The molecule has 1 aliphatic rings. The summed E-state index contributed by atoms with van der Waals surface area (Å²) in [5.41, 5.74) is 1.70. The maximum absolute atomic E-state index is 14.4. The van der Waals surface area contributed by atoms with Gasteiger partial charge in [0.1, 0.15) is 5.82 Å². The van der Waals surface area contributed by atoms with Gasteiger partial charge in [-0.2, -0.15) is 5.10 Å². The summed E-state index contributed by atoms with van der Waals surface area (Å²) in [5, 5.41) is 7.27. The number of benzene rings is 1. The van der Waals surface area contributed by atoms with E-state index >= 15 is 0 Å². The Kier molecular flexibility index (Phi) is 5.68. The molecule has 27 heavy (non-hydrogen) atoms. The Bertz CT molecular complexity index is 828. The van der Waals surface area contributed by atoms with Gasteiger partial charge in [-0.15, -0.1) is 0 Å². The van der Waals surface area contributed by atoms with Crippen molar-refractivity contribution in [2.45, 2.75) is 51.6 Å². The lowest BCUT2D eigenvalue weighted by molar-refractivity contribution is 0.0938. The first-order valence-electron chi connectivity index (χ1n) is 9.22. The number of carbonyl (C=O) groups excluding carboxylic acids is 1. The Labute approximate surface area is 158 Å². The van der Waals surface area contributed by atoms with Crippen molar-refractivity contribution in [2.24, 2.45) is 0 Å². The molecule has 1 aliphatic carbocycles. The highest BCUT2D eigenvalue weighted by Gasteiger charge is 2.24. The average molecular weight is 375 g/mol. The van der Waals surface area contributed by atoms with E-state index in [9.17, 15) is 9.18 Å². The molecule has 1 aromatic heterocycles. The third-order valence-electron chi connectivity index (χ3n) is 5.28. The molecule has 7 heteroatoms. The van der Waals surface area contributed by atoms with Crippen LogP contribution in [0.1, 0.15) is 66.3 Å². The number of rotatable bonds is 6. The van der Waals surface area contributed by atoms with Crippen LogP contribution in [0.3, 0.4) is 0 Å². The summed E-state index contributed by atoms with van der Waals surface area (Å²) in [7, 11) is 2.94. The molecule has 2 aromatic rings. The molecule has 0 aliphatic heterocycles. The standard InChI is InChI=1S/C20H26FN3O3/c1-12(15-9-18(26-3)19(27-4)10-17(15)21)23-20(25)16-11-22-24(13(16)2)14-7-5-6-8-14/h9-12,14H,5-8H2,1-4H3,(H,23,25). The lowest BCUT2D eigenvalue weighted by Crippen LogP contribution is -2.27. The van der Waals surface area contributed by atoms with E-state index in [4.69, 9.17) is 9.47 Å². The number of halogens is 1. The molecule has 0 saturated heterocycles.